The lowest BCUT2D eigenvalue weighted by atomic mass is 9.52. The third-order valence-corrected chi connectivity index (χ3v) is 8.68. The fraction of sp³-hybridized carbons (Fsp3) is 0.750. The first-order valence-electron chi connectivity index (χ1n) is 12.5. The first-order chi connectivity index (χ1) is 14.4. The summed E-state index contributed by atoms with van der Waals surface area (Å²) in [6, 6.07) is 7.27. The van der Waals surface area contributed by atoms with Gasteiger partial charge in [0.2, 0.25) is 0 Å². The molecule has 2 fully saturated rings. The molecular formula is C28H45NO2. The van der Waals surface area contributed by atoms with Crippen molar-refractivity contribution in [3.05, 3.63) is 29.8 Å². The van der Waals surface area contributed by atoms with E-state index in [1.54, 1.807) is 12.1 Å². The van der Waals surface area contributed by atoms with Gasteiger partial charge in [-0.1, -0.05) is 60.6 Å². The number of anilines is 1. The number of benzene rings is 1. The van der Waals surface area contributed by atoms with Crippen LogP contribution in [0.2, 0.25) is 0 Å². The number of rotatable bonds is 5. The van der Waals surface area contributed by atoms with Gasteiger partial charge in [0.1, 0.15) is 6.10 Å². The van der Waals surface area contributed by atoms with E-state index in [0.29, 0.717) is 40.3 Å². The van der Waals surface area contributed by atoms with Crippen molar-refractivity contribution in [2.24, 2.45) is 40.4 Å². The van der Waals surface area contributed by atoms with Crippen LogP contribution in [0.15, 0.2) is 24.3 Å². The van der Waals surface area contributed by atoms with Crippen molar-refractivity contribution >= 4 is 11.7 Å². The summed E-state index contributed by atoms with van der Waals surface area (Å²) >= 11 is 0. The van der Waals surface area contributed by atoms with Gasteiger partial charge in [-0.2, -0.15) is 0 Å². The van der Waals surface area contributed by atoms with Crippen molar-refractivity contribution in [3.8, 4) is 0 Å². The number of hydrogen-bond acceptors (Lipinski definition) is 3. The molecule has 0 amide bonds. The quantitative estimate of drug-likeness (QED) is 0.394. The standard InChI is InChI=1S/C28H45NO2/c1-18(2)20-12-14-27(5,6)16-23(20)28(7)15-13-21(19(3)4)25(17-28)31-26(30)22-10-8-9-11-24(22)29/h8-11,18-21,23,25H,12-17,29H2,1-7H3. The van der Waals surface area contributed by atoms with Crippen LogP contribution in [-0.2, 0) is 4.74 Å². The highest BCUT2D eigenvalue weighted by Gasteiger charge is 2.50. The molecule has 0 bridgehead atoms. The summed E-state index contributed by atoms with van der Waals surface area (Å²) in [5.41, 5.74) is 7.68. The molecule has 0 saturated heterocycles. The lowest BCUT2D eigenvalue weighted by Crippen LogP contribution is -2.48. The molecule has 2 saturated carbocycles. The highest BCUT2D eigenvalue weighted by Crippen LogP contribution is 2.57. The van der Waals surface area contributed by atoms with Crippen molar-refractivity contribution in [2.75, 3.05) is 5.73 Å². The molecule has 0 radical (unpaired) electrons. The van der Waals surface area contributed by atoms with Gasteiger partial charge in [0.15, 0.2) is 0 Å². The molecule has 1 aromatic carbocycles. The van der Waals surface area contributed by atoms with Crippen molar-refractivity contribution < 1.29 is 9.53 Å². The minimum Gasteiger partial charge on any atom is -0.458 e. The van der Waals surface area contributed by atoms with Gasteiger partial charge in [0, 0.05) is 5.69 Å². The largest absolute Gasteiger partial charge is 0.458 e. The van der Waals surface area contributed by atoms with E-state index in [1.165, 1.54) is 25.7 Å². The van der Waals surface area contributed by atoms with Crippen LogP contribution in [0.5, 0.6) is 0 Å². The normalized spacial score (nSPS) is 33.5. The van der Waals surface area contributed by atoms with Crippen LogP contribution in [0.3, 0.4) is 0 Å². The molecule has 174 valence electrons. The maximum atomic E-state index is 13.1. The second-order valence-corrected chi connectivity index (χ2v) is 12.3. The number of ether oxygens (including phenoxy) is 1. The molecule has 5 unspecified atom stereocenters. The molecule has 0 heterocycles. The Labute approximate surface area is 190 Å². The first kappa shape index (κ1) is 24.1. The smallest absolute Gasteiger partial charge is 0.340 e. The van der Waals surface area contributed by atoms with Crippen LogP contribution in [0.4, 0.5) is 5.69 Å². The number of nitrogens with two attached hydrogens (primary N) is 1. The van der Waals surface area contributed by atoms with Gasteiger partial charge in [-0.3, -0.25) is 0 Å². The molecule has 0 aromatic heterocycles. The predicted octanol–water partition coefficient (Wildman–Crippen LogP) is 7.36. The monoisotopic (exact) mass is 427 g/mol. The number of hydrogen-bond donors (Lipinski definition) is 1. The zero-order chi connectivity index (χ0) is 23.0. The van der Waals surface area contributed by atoms with Crippen LogP contribution < -0.4 is 5.73 Å². The van der Waals surface area contributed by atoms with E-state index >= 15 is 0 Å². The molecule has 1 aromatic rings. The van der Waals surface area contributed by atoms with E-state index in [-0.39, 0.29) is 17.5 Å². The van der Waals surface area contributed by atoms with Gasteiger partial charge >= 0.3 is 5.97 Å². The Morgan fingerprint density at radius 1 is 0.968 bits per heavy atom. The number of para-hydroxylation sites is 1. The fourth-order valence-electron chi connectivity index (χ4n) is 6.68. The zero-order valence-electron chi connectivity index (χ0n) is 20.9. The maximum Gasteiger partial charge on any atom is 0.340 e. The van der Waals surface area contributed by atoms with Crippen molar-refractivity contribution in [1.82, 2.24) is 0 Å². The number of carbonyl (C=O) groups excluding carboxylic acids is 1. The summed E-state index contributed by atoms with van der Waals surface area (Å²) in [5.74, 6) is 2.80. The zero-order valence-corrected chi connectivity index (χ0v) is 20.9. The van der Waals surface area contributed by atoms with E-state index in [4.69, 9.17) is 10.5 Å². The van der Waals surface area contributed by atoms with Gasteiger partial charge < -0.3 is 10.5 Å². The second kappa shape index (κ2) is 9.16. The van der Waals surface area contributed by atoms with Crippen LogP contribution in [0, 0.1) is 40.4 Å². The van der Waals surface area contributed by atoms with Crippen LogP contribution >= 0.6 is 0 Å². The molecule has 2 aliphatic carbocycles. The van der Waals surface area contributed by atoms with E-state index in [0.717, 1.165) is 18.8 Å². The predicted molar refractivity (Wildman–Crippen MR) is 130 cm³/mol. The Hall–Kier alpha value is -1.51. The number of nitrogen functional groups attached to an aromatic ring is 1. The number of carbonyl (C=O) groups is 1. The average molecular weight is 428 g/mol. The van der Waals surface area contributed by atoms with E-state index in [2.05, 4.69) is 48.5 Å². The van der Waals surface area contributed by atoms with Gasteiger partial charge in [-0.15, -0.1) is 0 Å². The molecule has 0 aliphatic heterocycles. The third-order valence-electron chi connectivity index (χ3n) is 8.68. The summed E-state index contributed by atoms with van der Waals surface area (Å²) in [5, 5.41) is 0. The van der Waals surface area contributed by atoms with Gasteiger partial charge in [0.05, 0.1) is 5.56 Å². The third kappa shape index (κ3) is 5.29. The van der Waals surface area contributed by atoms with Gasteiger partial charge in [-0.05, 0) is 91.1 Å². The summed E-state index contributed by atoms with van der Waals surface area (Å²) < 4.78 is 6.25. The summed E-state index contributed by atoms with van der Waals surface area (Å²) in [6.07, 6.45) is 7.23. The van der Waals surface area contributed by atoms with Crippen molar-refractivity contribution in [1.29, 1.82) is 0 Å². The highest BCUT2D eigenvalue weighted by molar-refractivity contribution is 5.95. The lowest BCUT2D eigenvalue weighted by Gasteiger charge is -2.54. The molecule has 2 N–H and O–H groups in total. The Morgan fingerprint density at radius 2 is 1.58 bits per heavy atom. The molecule has 3 rings (SSSR count). The molecule has 2 aliphatic rings. The fourth-order valence-corrected chi connectivity index (χ4v) is 6.68. The summed E-state index contributed by atoms with van der Waals surface area (Å²) in [4.78, 5) is 13.1. The Morgan fingerprint density at radius 3 is 2.19 bits per heavy atom. The van der Waals surface area contributed by atoms with Gasteiger partial charge in [0.25, 0.3) is 0 Å². The average Bonchev–Trinajstić information content (AvgIpc) is 2.67. The Bertz CT molecular complexity index is 768. The van der Waals surface area contributed by atoms with E-state index < -0.39 is 0 Å². The summed E-state index contributed by atoms with van der Waals surface area (Å²) in [6.45, 7) is 16.7. The van der Waals surface area contributed by atoms with Gasteiger partial charge in [-0.25, -0.2) is 4.79 Å². The van der Waals surface area contributed by atoms with Crippen LogP contribution in [0.25, 0.3) is 0 Å². The van der Waals surface area contributed by atoms with Crippen molar-refractivity contribution in [3.63, 3.8) is 0 Å². The summed E-state index contributed by atoms with van der Waals surface area (Å²) in [7, 11) is 0. The van der Waals surface area contributed by atoms with Crippen LogP contribution in [-0.4, -0.2) is 12.1 Å². The Balaban J connectivity index is 1.86. The Kier molecular flexibility index (Phi) is 7.13. The molecule has 3 nitrogen and oxygen atoms in total. The highest BCUT2D eigenvalue weighted by atomic mass is 16.5. The lowest BCUT2D eigenvalue weighted by molar-refractivity contribution is -0.0856. The van der Waals surface area contributed by atoms with Crippen molar-refractivity contribution in [2.45, 2.75) is 93.1 Å². The number of esters is 1. The van der Waals surface area contributed by atoms with E-state index in [9.17, 15) is 4.79 Å². The maximum absolute atomic E-state index is 13.1. The molecule has 5 atom stereocenters. The first-order valence-corrected chi connectivity index (χ1v) is 12.5. The topological polar surface area (TPSA) is 52.3 Å². The molecule has 0 spiro atoms. The van der Waals surface area contributed by atoms with E-state index in [1.807, 2.05) is 12.1 Å². The minimum atomic E-state index is -0.262. The molecule has 3 heteroatoms. The molecular weight excluding hydrogens is 382 g/mol. The SMILES string of the molecule is CC(C)C1CCC(C)(C2CC(C)(C)CCC2C(C)C)CC1OC(=O)c1ccccc1N. The van der Waals surface area contributed by atoms with Crippen LogP contribution in [0.1, 0.15) is 97.3 Å². The second-order valence-electron chi connectivity index (χ2n) is 12.3. The molecule has 31 heavy (non-hydrogen) atoms. The minimum absolute atomic E-state index is 0.0382.